The highest BCUT2D eigenvalue weighted by Gasteiger charge is 2.45. The van der Waals surface area contributed by atoms with Crippen LogP contribution in [-0.4, -0.2) is 33.0 Å². The van der Waals surface area contributed by atoms with Gasteiger partial charge < -0.3 is 33.4 Å². The van der Waals surface area contributed by atoms with Gasteiger partial charge >= 0.3 is 5.63 Å². The highest BCUT2D eigenvalue weighted by Crippen LogP contribution is 2.49. The van der Waals surface area contributed by atoms with Crippen molar-refractivity contribution in [2.45, 2.75) is 12.0 Å². The largest absolute Gasteiger partial charge is 0.497 e. The van der Waals surface area contributed by atoms with Crippen molar-refractivity contribution in [1.29, 1.82) is 0 Å². The maximum Gasteiger partial charge on any atom is 0.344 e. The molecule has 1 amide bonds. The number of ether oxygens (including phenoxy) is 5. The fourth-order valence-electron chi connectivity index (χ4n) is 4.67. The summed E-state index contributed by atoms with van der Waals surface area (Å²) in [4.78, 5) is 26.8. The first kappa shape index (κ1) is 21.8. The van der Waals surface area contributed by atoms with Gasteiger partial charge in [-0.05, 0) is 42.0 Å². The van der Waals surface area contributed by atoms with Gasteiger partial charge in [0.15, 0.2) is 17.6 Å². The molecule has 2 unspecified atom stereocenters. The molecule has 2 atom stereocenters. The summed E-state index contributed by atoms with van der Waals surface area (Å²) in [6.07, 6.45) is -1.08. The summed E-state index contributed by atoms with van der Waals surface area (Å²) >= 11 is 0. The Hall–Kier alpha value is -4.66. The summed E-state index contributed by atoms with van der Waals surface area (Å²) in [6, 6.07) is 17.5. The Labute approximate surface area is 205 Å². The van der Waals surface area contributed by atoms with Crippen molar-refractivity contribution in [3.8, 4) is 28.7 Å². The summed E-state index contributed by atoms with van der Waals surface area (Å²) in [6.45, 7) is 0.0411. The van der Waals surface area contributed by atoms with Crippen LogP contribution in [0.25, 0.3) is 11.0 Å². The predicted octanol–water partition coefficient (Wildman–Crippen LogP) is 4.07. The van der Waals surface area contributed by atoms with E-state index in [-0.39, 0.29) is 12.4 Å². The molecule has 6 rings (SSSR count). The zero-order chi connectivity index (χ0) is 24.8. The first-order valence-corrected chi connectivity index (χ1v) is 11.2. The van der Waals surface area contributed by atoms with Crippen molar-refractivity contribution in [2.75, 3.05) is 26.3 Å². The summed E-state index contributed by atoms with van der Waals surface area (Å²) in [5.74, 6) is 1.00. The lowest BCUT2D eigenvalue weighted by atomic mass is 9.87. The number of hydrogen-bond acceptors (Lipinski definition) is 8. The Morgan fingerprint density at radius 1 is 0.972 bits per heavy atom. The monoisotopic (exact) mass is 487 g/mol. The number of anilines is 1. The van der Waals surface area contributed by atoms with Gasteiger partial charge in [0.1, 0.15) is 17.1 Å². The fraction of sp³-hybridized carbons (Fsp3) is 0.185. The number of para-hydroxylation sites is 1. The zero-order valence-electron chi connectivity index (χ0n) is 19.4. The van der Waals surface area contributed by atoms with Gasteiger partial charge in [-0.3, -0.25) is 4.79 Å². The summed E-state index contributed by atoms with van der Waals surface area (Å²) in [5.41, 5.74) is 1.15. The molecule has 0 aliphatic carbocycles. The topological polar surface area (TPSA) is 105 Å². The third kappa shape index (κ3) is 3.48. The van der Waals surface area contributed by atoms with E-state index >= 15 is 0 Å². The Morgan fingerprint density at radius 2 is 1.83 bits per heavy atom. The summed E-state index contributed by atoms with van der Waals surface area (Å²) in [7, 11) is 3.06. The first-order valence-electron chi connectivity index (χ1n) is 11.2. The number of rotatable bonds is 5. The molecule has 1 N–H and O–H groups in total. The predicted molar refractivity (Wildman–Crippen MR) is 129 cm³/mol. The molecule has 0 radical (unpaired) electrons. The second-order valence-electron chi connectivity index (χ2n) is 8.32. The van der Waals surface area contributed by atoms with Crippen molar-refractivity contribution in [2.24, 2.45) is 0 Å². The number of carbonyl (C=O) groups is 1. The number of benzene rings is 3. The standard InChI is InChI=1S/C27H21NO8/c1-31-16-7-5-6-15(12-16)28-26(29)25-21(14-10-19(32-2)24-20(11-14)33-13-34-24)22-23(36-25)17-8-3-4-9-18(17)35-27(22)30/h3-12,21,25H,13H2,1-2H3,(H,28,29). The van der Waals surface area contributed by atoms with E-state index in [2.05, 4.69) is 5.32 Å². The minimum Gasteiger partial charge on any atom is -0.497 e. The Bertz CT molecular complexity index is 1560. The normalized spacial score (nSPS) is 17.4. The van der Waals surface area contributed by atoms with Crippen molar-refractivity contribution in [3.63, 3.8) is 0 Å². The number of carbonyl (C=O) groups excluding carboxylic acids is 1. The van der Waals surface area contributed by atoms with Crippen LogP contribution >= 0.6 is 0 Å². The Morgan fingerprint density at radius 3 is 2.67 bits per heavy atom. The molecule has 9 heteroatoms. The van der Waals surface area contributed by atoms with E-state index in [1.54, 1.807) is 61.7 Å². The van der Waals surface area contributed by atoms with Gasteiger partial charge in [0.2, 0.25) is 12.5 Å². The summed E-state index contributed by atoms with van der Waals surface area (Å²) in [5, 5.41) is 3.48. The molecule has 3 aromatic carbocycles. The molecule has 4 aromatic rings. The van der Waals surface area contributed by atoms with Gasteiger partial charge in [-0.15, -0.1) is 0 Å². The molecular formula is C27H21NO8. The zero-order valence-corrected chi connectivity index (χ0v) is 19.4. The molecule has 0 bridgehead atoms. The lowest BCUT2D eigenvalue weighted by molar-refractivity contribution is -0.122. The van der Waals surface area contributed by atoms with E-state index in [1.807, 2.05) is 6.07 Å². The van der Waals surface area contributed by atoms with Crippen molar-refractivity contribution >= 4 is 22.6 Å². The first-order chi connectivity index (χ1) is 17.6. The highest BCUT2D eigenvalue weighted by molar-refractivity contribution is 5.98. The van der Waals surface area contributed by atoms with E-state index in [4.69, 9.17) is 28.1 Å². The summed E-state index contributed by atoms with van der Waals surface area (Å²) < 4.78 is 33.7. The second-order valence-corrected chi connectivity index (χ2v) is 8.32. The number of methoxy groups -OCH3 is 2. The Kier molecular flexibility index (Phi) is 5.18. The van der Waals surface area contributed by atoms with Crippen LogP contribution in [-0.2, 0) is 4.79 Å². The van der Waals surface area contributed by atoms with Gasteiger partial charge in [-0.25, -0.2) is 4.79 Å². The van der Waals surface area contributed by atoms with Crippen LogP contribution in [0.1, 0.15) is 17.0 Å². The number of hydrogen-bond donors (Lipinski definition) is 1. The van der Waals surface area contributed by atoms with Crippen LogP contribution < -0.4 is 34.6 Å². The molecule has 36 heavy (non-hydrogen) atoms. The third-order valence-electron chi connectivity index (χ3n) is 6.29. The molecule has 2 aliphatic heterocycles. The molecule has 0 saturated carbocycles. The van der Waals surface area contributed by atoms with Crippen molar-refractivity contribution in [3.05, 3.63) is 82.2 Å². The van der Waals surface area contributed by atoms with Gasteiger partial charge in [0.05, 0.1) is 31.1 Å². The van der Waals surface area contributed by atoms with E-state index in [0.717, 1.165) is 0 Å². The fourth-order valence-corrected chi connectivity index (χ4v) is 4.67. The minimum atomic E-state index is -1.08. The second kappa shape index (κ2) is 8.53. The Balaban J connectivity index is 1.50. The van der Waals surface area contributed by atoms with E-state index in [9.17, 15) is 9.59 Å². The molecule has 2 aliphatic rings. The molecule has 3 heterocycles. The maximum atomic E-state index is 13.6. The van der Waals surface area contributed by atoms with E-state index < -0.39 is 23.6 Å². The van der Waals surface area contributed by atoms with Gasteiger partial charge in [-0.2, -0.15) is 0 Å². The third-order valence-corrected chi connectivity index (χ3v) is 6.29. The van der Waals surface area contributed by atoms with Gasteiger partial charge in [0, 0.05) is 11.8 Å². The van der Waals surface area contributed by atoms with Crippen LogP contribution in [0, 0.1) is 0 Å². The minimum absolute atomic E-state index is 0.0411. The molecular weight excluding hydrogens is 466 g/mol. The van der Waals surface area contributed by atoms with Gasteiger partial charge in [-0.1, -0.05) is 18.2 Å². The number of amides is 1. The molecule has 9 nitrogen and oxygen atoms in total. The lowest BCUT2D eigenvalue weighted by Crippen LogP contribution is -2.35. The van der Waals surface area contributed by atoms with Crippen LogP contribution in [0.4, 0.5) is 5.69 Å². The maximum absolute atomic E-state index is 13.6. The van der Waals surface area contributed by atoms with Crippen molar-refractivity contribution < 1.29 is 32.9 Å². The van der Waals surface area contributed by atoms with Crippen LogP contribution in [0.5, 0.6) is 28.7 Å². The van der Waals surface area contributed by atoms with E-state index in [0.29, 0.717) is 51.0 Å². The highest BCUT2D eigenvalue weighted by atomic mass is 16.7. The molecule has 0 fully saturated rings. The average molecular weight is 487 g/mol. The average Bonchev–Trinajstić information content (AvgIpc) is 3.54. The molecule has 0 spiro atoms. The SMILES string of the molecule is COc1cccc(NC(=O)C2Oc3c(c(=O)oc4ccccc34)C2c2cc(OC)c3c(c2)OCO3)c1. The smallest absolute Gasteiger partial charge is 0.344 e. The lowest BCUT2D eigenvalue weighted by Gasteiger charge is -2.20. The van der Waals surface area contributed by atoms with Crippen LogP contribution in [0.2, 0.25) is 0 Å². The van der Waals surface area contributed by atoms with Crippen LogP contribution in [0.3, 0.4) is 0 Å². The van der Waals surface area contributed by atoms with E-state index in [1.165, 1.54) is 7.11 Å². The van der Waals surface area contributed by atoms with Crippen LogP contribution in [0.15, 0.2) is 69.9 Å². The molecule has 0 saturated heterocycles. The molecule has 1 aromatic heterocycles. The van der Waals surface area contributed by atoms with Gasteiger partial charge in [0.25, 0.3) is 5.91 Å². The molecule has 182 valence electrons. The van der Waals surface area contributed by atoms with Crippen molar-refractivity contribution in [1.82, 2.24) is 0 Å². The number of nitrogens with one attached hydrogen (secondary N) is 1. The number of fused-ring (bicyclic) bond motifs is 4. The quantitative estimate of drug-likeness (QED) is 0.420.